The molecule has 14 heavy (non-hydrogen) atoms. The molecule has 2 nitrogen and oxygen atoms in total. The molecule has 0 aromatic carbocycles. The van der Waals surface area contributed by atoms with Crippen LogP contribution in [0, 0.1) is 11.8 Å². The lowest BCUT2D eigenvalue weighted by atomic mass is 10.0. The summed E-state index contributed by atoms with van der Waals surface area (Å²) < 4.78 is 0. The molecule has 0 radical (unpaired) electrons. The first kappa shape index (κ1) is 12.0. The molecule has 0 aromatic rings. The fourth-order valence-electron chi connectivity index (χ4n) is 2.07. The zero-order valence-corrected chi connectivity index (χ0v) is 10.2. The zero-order chi connectivity index (χ0) is 10.6. The molecule has 1 heterocycles. The van der Waals surface area contributed by atoms with Crippen molar-refractivity contribution in [3.63, 3.8) is 0 Å². The van der Waals surface area contributed by atoms with Crippen LogP contribution in [0.25, 0.3) is 0 Å². The van der Waals surface area contributed by atoms with E-state index in [0.717, 1.165) is 17.9 Å². The molecule has 0 aromatic heterocycles. The lowest BCUT2D eigenvalue weighted by Crippen LogP contribution is -2.51. The minimum atomic E-state index is 0.771. The average molecular weight is 198 g/mol. The summed E-state index contributed by atoms with van der Waals surface area (Å²) in [7, 11) is 0. The van der Waals surface area contributed by atoms with Crippen molar-refractivity contribution < 1.29 is 0 Å². The van der Waals surface area contributed by atoms with Gasteiger partial charge in [-0.2, -0.15) is 0 Å². The smallest absolute Gasteiger partial charge is 0.0207 e. The molecule has 1 rings (SSSR count). The standard InChI is InChI=1S/C12H26N2/c1-10(2)7-14(8-11(3)4)9-12-5-6-13-12/h10-13H,5-9H2,1-4H3. The molecule has 0 aliphatic carbocycles. The summed E-state index contributed by atoms with van der Waals surface area (Å²) in [4.78, 5) is 2.62. The van der Waals surface area contributed by atoms with Crippen molar-refractivity contribution in [1.82, 2.24) is 10.2 Å². The van der Waals surface area contributed by atoms with Crippen LogP contribution in [0.4, 0.5) is 0 Å². The Labute approximate surface area is 89.1 Å². The summed E-state index contributed by atoms with van der Waals surface area (Å²) in [6.45, 7) is 14.2. The monoisotopic (exact) mass is 198 g/mol. The second-order valence-corrected chi connectivity index (χ2v) is 5.45. The molecule has 1 aliphatic rings. The SMILES string of the molecule is CC(C)CN(CC(C)C)CC1CCN1. The van der Waals surface area contributed by atoms with E-state index in [2.05, 4.69) is 37.9 Å². The lowest BCUT2D eigenvalue weighted by Gasteiger charge is -2.35. The second kappa shape index (κ2) is 5.72. The van der Waals surface area contributed by atoms with E-state index in [0.29, 0.717) is 0 Å². The highest BCUT2D eigenvalue weighted by Gasteiger charge is 2.20. The average Bonchev–Trinajstić information content (AvgIpc) is 1.94. The van der Waals surface area contributed by atoms with Crippen LogP contribution in [0.2, 0.25) is 0 Å². The largest absolute Gasteiger partial charge is 0.313 e. The van der Waals surface area contributed by atoms with Gasteiger partial charge in [-0.15, -0.1) is 0 Å². The van der Waals surface area contributed by atoms with Crippen LogP contribution in [0.15, 0.2) is 0 Å². The van der Waals surface area contributed by atoms with Gasteiger partial charge in [0.2, 0.25) is 0 Å². The topological polar surface area (TPSA) is 15.3 Å². The molecular formula is C12H26N2. The van der Waals surface area contributed by atoms with Crippen LogP contribution >= 0.6 is 0 Å². The van der Waals surface area contributed by atoms with Crippen LogP contribution in [-0.2, 0) is 0 Å². The maximum absolute atomic E-state index is 3.48. The van der Waals surface area contributed by atoms with Gasteiger partial charge in [-0.05, 0) is 24.8 Å². The fourth-order valence-corrected chi connectivity index (χ4v) is 2.07. The lowest BCUT2D eigenvalue weighted by molar-refractivity contribution is 0.174. The van der Waals surface area contributed by atoms with Gasteiger partial charge in [0.15, 0.2) is 0 Å². The van der Waals surface area contributed by atoms with E-state index < -0.39 is 0 Å². The fraction of sp³-hybridized carbons (Fsp3) is 1.00. The Balaban J connectivity index is 2.26. The van der Waals surface area contributed by atoms with Gasteiger partial charge in [0.1, 0.15) is 0 Å². The Kier molecular flexibility index (Phi) is 4.90. The molecule has 1 fully saturated rings. The van der Waals surface area contributed by atoms with Crippen molar-refractivity contribution >= 4 is 0 Å². The third kappa shape index (κ3) is 4.43. The van der Waals surface area contributed by atoms with Gasteiger partial charge in [-0.25, -0.2) is 0 Å². The molecule has 1 aliphatic heterocycles. The summed E-state index contributed by atoms with van der Waals surface area (Å²) in [5.41, 5.74) is 0. The molecule has 1 unspecified atom stereocenters. The van der Waals surface area contributed by atoms with Crippen LogP contribution < -0.4 is 5.32 Å². The Bertz CT molecular complexity index is 140. The normalized spacial score (nSPS) is 22.1. The van der Waals surface area contributed by atoms with E-state index in [1.807, 2.05) is 0 Å². The van der Waals surface area contributed by atoms with Gasteiger partial charge in [-0.1, -0.05) is 27.7 Å². The number of hydrogen-bond donors (Lipinski definition) is 1. The van der Waals surface area contributed by atoms with E-state index in [1.165, 1.54) is 32.6 Å². The van der Waals surface area contributed by atoms with E-state index in [1.54, 1.807) is 0 Å². The summed E-state index contributed by atoms with van der Waals surface area (Å²) >= 11 is 0. The first-order valence-corrected chi connectivity index (χ1v) is 6.03. The minimum absolute atomic E-state index is 0.771. The minimum Gasteiger partial charge on any atom is -0.313 e. The van der Waals surface area contributed by atoms with Crippen LogP contribution in [0.3, 0.4) is 0 Å². The van der Waals surface area contributed by atoms with Crippen molar-refractivity contribution in [2.75, 3.05) is 26.2 Å². The maximum atomic E-state index is 3.48. The Morgan fingerprint density at radius 1 is 1.14 bits per heavy atom. The van der Waals surface area contributed by atoms with E-state index >= 15 is 0 Å². The summed E-state index contributed by atoms with van der Waals surface area (Å²) in [6, 6.07) is 0.771. The van der Waals surface area contributed by atoms with Gasteiger partial charge in [0, 0.05) is 25.7 Å². The van der Waals surface area contributed by atoms with E-state index in [9.17, 15) is 0 Å². The quantitative estimate of drug-likeness (QED) is 0.702. The molecule has 84 valence electrons. The van der Waals surface area contributed by atoms with Crippen molar-refractivity contribution in [2.45, 2.75) is 40.2 Å². The summed E-state index contributed by atoms with van der Waals surface area (Å²) in [6.07, 6.45) is 1.37. The molecule has 2 heteroatoms. The van der Waals surface area contributed by atoms with Crippen molar-refractivity contribution in [3.05, 3.63) is 0 Å². The van der Waals surface area contributed by atoms with Gasteiger partial charge in [-0.3, -0.25) is 0 Å². The Hall–Kier alpha value is -0.0800. The van der Waals surface area contributed by atoms with Crippen LogP contribution in [0.1, 0.15) is 34.1 Å². The molecule has 1 saturated heterocycles. The zero-order valence-electron chi connectivity index (χ0n) is 10.2. The van der Waals surface area contributed by atoms with Gasteiger partial charge in [0.05, 0.1) is 0 Å². The van der Waals surface area contributed by atoms with E-state index in [4.69, 9.17) is 0 Å². The highest BCUT2D eigenvalue weighted by atomic mass is 15.2. The van der Waals surface area contributed by atoms with Crippen LogP contribution in [0.5, 0.6) is 0 Å². The predicted molar refractivity (Wildman–Crippen MR) is 62.5 cm³/mol. The third-order valence-electron chi connectivity index (χ3n) is 2.65. The number of nitrogens with one attached hydrogen (secondary N) is 1. The van der Waals surface area contributed by atoms with Gasteiger partial charge in [0.25, 0.3) is 0 Å². The molecule has 0 spiro atoms. The molecule has 0 bridgehead atoms. The van der Waals surface area contributed by atoms with Gasteiger partial charge >= 0.3 is 0 Å². The molecular weight excluding hydrogens is 172 g/mol. The van der Waals surface area contributed by atoms with Crippen molar-refractivity contribution in [1.29, 1.82) is 0 Å². The first-order chi connectivity index (χ1) is 6.58. The maximum Gasteiger partial charge on any atom is 0.0207 e. The molecule has 0 saturated carbocycles. The van der Waals surface area contributed by atoms with Gasteiger partial charge < -0.3 is 10.2 Å². The molecule has 0 amide bonds. The number of hydrogen-bond acceptors (Lipinski definition) is 2. The number of nitrogens with zero attached hydrogens (tertiary/aromatic N) is 1. The third-order valence-corrected chi connectivity index (χ3v) is 2.65. The summed E-state index contributed by atoms with van der Waals surface area (Å²) in [5, 5.41) is 3.48. The second-order valence-electron chi connectivity index (χ2n) is 5.45. The van der Waals surface area contributed by atoms with Crippen LogP contribution in [-0.4, -0.2) is 37.1 Å². The number of rotatable bonds is 6. The molecule has 1 atom stereocenters. The first-order valence-electron chi connectivity index (χ1n) is 6.03. The Morgan fingerprint density at radius 3 is 1.93 bits per heavy atom. The Morgan fingerprint density at radius 2 is 1.64 bits per heavy atom. The highest BCUT2D eigenvalue weighted by molar-refractivity contribution is 4.81. The van der Waals surface area contributed by atoms with Crippen molar-refractivity contribution in [3.8, 4) is 0 Å². The van der Waals surface area contributed by atoms with E-state index in [-0.39, 0.29) is 0 Å². The van der Waals surface area contributed by atoms with Crippen molar-refractivity contribution in [2.24, 2.45) is 11.8 Å². The highest BCUT2D eigenvalue weighted by Crippen LogP contribution is 2.09. The molecule has 1 N–H and O–H groups in total. The summed E-state index contributed by atoms with van der Waals surface area (Å²) in [5.74, 6) is 1.57. The predicted octanol–water partition coefficient (Wildman–Crippen LogP) is 1.96.